The Morgan fingerprint density at radius 3 is 2.65 bits per heavy atom. The lowest BCUT2D eigenvalue weighted by molar-refractivity contribution is -0.384. The number of hydrogen-bond donors (Lipinski definition) is 2. The number of nitrogens with zero attached hydrogens (tertiary/aromatic N) is 1. The molecule has 9 heteroatoms. The molecule has 23 heavy (non-hydrogen) atoms. The molecule has 0 atom stereocenters. The van der Waals surface area contributed by atoms with Crippen LogP contribution >= 0.6 is 11.6 Å². The fourth-order valence-corrected chi connectivity index (χ4v) is 1.74. The van der Waals surface area contributed by atoms with Crippen LogP contribution in [0, 0.1) is 10.1 Å². The smallest absolute Gasteiger partial charge is 0.313 e. The molecule has 1 aromatic rings. The van der Waals surface area contributed by atoms with Gasteiger partial charge in [-0.1, -0.05) is 11.6 Å². The summed E-state index contributed by atoms with van der Waals surface area (Å²) in [6.07, 6.45) is 0.666. The summed E-state index contributed by atoms with van der Waals surface area (Å²) in [6, 6.07) is 3.56. The van der Waals surface area contributed by atoms with Crippen LogP contribution in [-0.2, 0) is 14.3 Å². The second-order valence-corrected chi connectivity index (χ2v) is 5.31. The van der Waals surface area contributed by atoms with E-state index in [9.17, 15) is 19.7 Å². The van der Waals surface area contributed by atoms with Gasteiger partial charge in [-0.15, -0.1) is 0 Å². The molecule has 0 heterocycles. The quantitative estimate of drug-likeness (QED) is 0.341. The third-order valence-corrected chi connectivity index (χ3v) is 3.00. The Bertz CT molecular complexity index is 592. The van der Waals surface area contributed by atoms with E-state index in [2.05, 4.69) is 10.6 Å². The second-order valence-electron chi connectivity index (χ2n) is 4.90. The number of halogens is 1. The molecule has 2 N–H and O–H groups in total. The molecule has 0 fully saturated rings. The third-order valence-electron chi connectivity index (χ3n) is 2.67. The van der Waals surface area contributed by atoms with E-state index in [0.29, 0.717) is 13.0 Å². The molecule has 0 bridgehead atoms. The molecule has 0 aromatic heterocycles. The number of hydrogen-bond acceptors (Lipinski definition) is 5. The summed E-state index contributed by atoms with van der Waals surface area (Å²) in [5.41, 5.74) is -0.236. The van der Waals surface area contributed by atoms with Crippen molar-refractivity contribution < 1.29 is 19.2 Å². The Hall–Kier alpha value is -2.19. The SMILES string of the molecule is CC(C)OCCCNC(=O)C(=O)Nc1cc([N+](=O)[O-])ccc1Cl. The topological polar surface area (TPSA) is 111 Å². The Kier molecular flexibility index (Phi) is 7.43. The minimum absolute atomic E-state index is 0.00385. The molecule has 0 aliphatic carbocycles. The van der Waals surface area contributed by atoms with E-state index < -0.39 is 16.7 Å². The lowest BCUT2D eigenvalue weighted by Gasteiger charge is -2.09. The summed E-state index contributed by atoms with van der Waals surface area (Å²) in [4.78, 5) is 33.4. The van der Waals surface area contributed by atoms with Gasteiger partial charge in [0.15, 0.2) is 0 Å². The molecule has 0 aliphatic heterocycles. The van der Waals surface area contributed by atoms with E-state index in [-0.39, 0.29) is 29.0 Å². The monoisotopic (exact) mass is 343 g/mol. The van der Waals surface area contributed by atoms with Crippen molar-refractivity contribution in [2.24, 2.45) is 0 Å². The van der Waals surface area contributed by atoms with E-state index >= 15 is 0 Å². The molecular weight excluding hydrogens is 326 g/mol. The van der Waals surface area contributed by atoms with Gasteiger partial charge in [0.25, 0.3) is 5.69 Å². The van der Waals surface area contributed by atoms with Crippen molar-refractivity contribution >= 4 is 34.8 Å². The number of carbonyl (C=O) groups excluding carboxylic acids is 2. The molecule has 1 rings (SSSR count). The first kappa shape index (κ1) is 18.9. The summed E-state index contributed by atoms with van der Waals surface area (Å²) in [5.74, 6) is -1.80. The lowest BCUT2D eigenvalue weighted by Crippen LogP contribution is -2.36. The van der Waals surface area contributed by atoms with Crippen LogP contribution in [-0.4, -0.2) is 36.0 Å². The minimum atomic E-state index is -0.947. The van der Waals surface area contributed by atoms with Gasteiger partial charge < -0.3 is 15.4 Å². The van der Waals surface area contributed by atoms with Crippen molar-refractivity contribution in [3.8, 4) is 0 Å². The number of amides is 2. The van der Waals surface area contributed by atoms with Gasteiger partial charge in [0.2, 0.25) is 0 Å². The highest BCUT2D eigenvalue weighted by Crippen LogP contribution is 2.26. The summed E-state index contributed by atoms with van der Waals surface area (Å²) in [7, 11) is 0. The first-order chi connectivity index (χ1) is 10.8. The number of carbonyl (C=O) groups is 2. The minimum Gasteiger partial charge on any atom is -0.379 e. The Morgan fingerprint density at radius 1 is 1.35 bits per heavy atom. The van der Waals surface area contributed by atoms with Crippen LogP contribution in [0.1, 0.15) is 20.3 Å². The Morgan fingerprint density at radius 2 is 2.04 bits per heavy atom. The average molecular weight is 344 g/mol. The highest BCUT2D eigenvalue weighted by molar-refractivity contribution is 6.41. The van der Waals surface area contributed by atoms with Gasteiger partial charge in [-0.2, -0.15) is 0 Å². The lowest BCUT2D eigenvalue weighted by atomic mass is 10.2. The Labute approximate surface area is 138 Å². The zero-order chi connectivity index (χ0) is 17.4. The number of non-ortho nitro benzene ring substituents is 1. The first-order valence-electron chi connectivity index (χ1n) is 6.96. The summed E-state index contributed by atoms with van der Waals surface area (Å²) < 4.78 is 5.30. The van der Waals surface area contributed by atoms with E-state index in [4.69, 9.17) is 16.3 Å². The fraction of sp³-hybridized carbons (Fsp3) is 0.429. The predicted molar refractivity (Wildman–Crippen MR) is 85.5 cm³/mol. The Balaban J connectivity index is 2.50. The van der Waals surface area contributed by atoms with Crippen molar-refractivity contribution in [1.29, 1.82) is 0 Å². The average Bonchev–Trinajstić information content (AvgIpc) is 2.48. The van der Waals surface area contributed by atoms with Crippen LogP contribution in [0.25, 0.3) is 0 Å². The number of nitrogens with one attached hydrogen (secondary N) is 2. The number of rotatable bonds is 7. The van der Waals surface area contributed by atoms with Gasteiger partial charge >= 0.3 is 11.8 Å². The second kappa shape index (κ2) is 9.06. The largest absolute Gasteiger partial charge is 0.379 e. The molecule has 1 aromatic carbocycles. The van der Waals surface area contributed by atoms with Crippen LogP contribution in [0.15, 0.2) is 18.2 Å². The normalized spacial score (nSPS) is 10.4. The van der Waals surface area contributed by atoms with Crippen LogP contribution in [0.5, 0.6) is 0 Å². The number of nitro benzene ring substituents is 1. The van der Waals surface area contributed by atoms with Gasteiger partial charge in [-0.05, 0) is 26.3 Å². The highest BCUT2D eigenvalue weighted by Gasteiger charge is 2.17. The number of ether oxygens (including phenoxy) is 1. The van der Waals surface area contributed by atoms with E-state index in [1.165, 1.54) is 12.1 Å². The highest BCUT2D eigenvalue weighted by atomic mass is 35.5. The molecule has 0 saturated carbocycles. The molecule has 8 nitrogen and oxygen atoms in total. The van der Waals surface area contributed by atoms with Crippen molar-refractivity contribution in [1.82, 2.24) is 5.32 Å². The molecule has 2 amide bonds. The maximum atomic E-state index is 11.7. The van der Waals surface area contributed by atoms with Gasteiger partial charge in [0, 0.05) is 25.3 Å². The van der Waals surface area contributed by atoms with Gasteiger partial charge in [-0.25, -0.2) is 0 Å². The molecule has 0 spiro atoms. The standard InChI is InChI=1S/C14H18ClN3O5/c1-9(2)23-7-3-6-16-13(19)14(20)17-12-8-10(18(21)22)4-5-11(12)15/h4-5,8-9H,3,6-7H2,1-2H3,(H,16,19)(H,17,20). The van der Waals surface area contributed by atoms with Crippen molar-refractivity contribution in [2.45, 2.75) is 26.4 Å². The maximum Gasteiger partial charge on any atom is 0.313 e. The van der Waals surface area contributed by atoms with Gasteiger partial charge in [0.1, 0.15) is 0 Å². The molecule has 0 unspecified atom stereocenters. The number of anilines is 1. The zero-order valence-electron chi connectivity index (χ0n) is 12.8. The van der Waals surface area contributed by atoms with E-state index in [1.807, 2.05) is 13.8 Å². The molecule has 126 valence electrons. The molecular formula is C14H18ClN3O5. The summed E-state index contributed by atoms with van der Waals surface area (Å²) in [6.45, 7) is 4.54. The summed E-state index contributed by atoms with van der Waals surface area (Å²) >= 11 is 5.84. The fourth-order valence-electron chi connectivity index (χ4n) is 1.58. The van der Waals surface area contributed by atoms with Gasteiger partial charge in [-0.3, -0.25) is 19.7 Å². The van der Waals surface area contributed by atoms with Crippen LogP contribution < -0.4 is 10.6 Å². The molecule has 0 saturated heterocycles. The van der Waals surface area contributed by atoms with Crippen molar-refractivity contribution in [3.05, 3.63) is 33.3 Å². The van der Waals surface area contributed by atoms with Crippen molar-refractivity contribution in [3.63, 3.8) is 0 Å². The summed E-state index contributed by atoms with van der Waals surface area (Å²) in [5, 5.41) is 15.5. The molecule has 0 radical (unpaired) electrons. The van der Waals surface area contributed by atoms with E-state index in [0.717, 1.165) is 6.07 Å². The predicted octanol–water partition coefficient (Wildman–Crippen LogP) is 2.12. The third kappa shape index (κ3) is 6.62. The van der Waals surface area contributed by atoms with Crippen molar-refractivity contribution in [2.75, 3.05) is 18.5 Å². The van der Waals surface area contributed by atoms with Crippen LogP contribution in [0.2, 0.25) is 5.02 Å². The van der Waals surface area contributed by atoms with Crippen LogP contribution in [0.4, 0.5) is 11.4 Å². The zero-order valence-corrected chi connectivity index (χ0v) is 13.6. The molecule has 0 aliphatic rings. The number of benzene rings is 1. The first-order valence-corrected chi connectivity index (χ1v) is 7.33. The van der Waals surface area contributed by atoms with Gasteiger partial charge in [0.05, 0.1) is 21.7 Å². The van der Waals surface area contributed by atoms with E-state index in [1.54, 1.807) is 0 Å². The van der Waals surface area contributed by atoms with Crippen LogP contribution in [0.3, 0.4) is 0 Å². The number of nitro groups is 1. The maximum absolute atomic E-state index is 11.7.